The van der Waals surface area contributed by atoms with Gasteiger partial charge in [0, 0.05) is 22.3 Å². The van der Waals surface area contributed by atoms with Crippen LogP contribution in [0, 0.1) is 5.41 Å². The van der Waals surface area contributed by atoms with Crippen LogP contribution in [-0.4, -0.2) is 51.7 Å². The fraction of sp³-hybridized carbons (Fsp3) is 0.929. The molecule has 1 saturated carbocycles. The van der Waals surface area contributed by atoms with Gasteiger partial charge in [0.2, 0.25) is 0 Å². The molecule has 2 heterocycles. The van der Waals surface area contributed by atoms with Gasteiger partial charge >= 0.3 is 5.97 Å². The van der Waals surface area contributed by atoms with E-state index >= 15 is 0 Å². The third kappa shape index (κ3) is 1.81. The number of carbonyl (C=O) groups is 1. The van der Waals surface area contributed by atoms with Crippen LogP contribution in [0.2, 0.25) is 0 Å². The highest BCUT2D eigenvalue weighted by Crippen LogP contribution is 2.62. The van der Waals surface area contributed by atoms with Gasteiger partial charge in [0.25, 0.3) is 0 Å². The minimum absolute atomic E-state index is 0.0589. The number of methoxy groups -OCH3 is 1. The molecule has 1 N–H and O–H groups in total. The number of hydrogen-bond donors (Lipinski definition) is 1. The second kappa shape index (κ2) is 4.78. The largest absolute Gasteiger partial charge is 0.469 e. The molecule has 3 fully saturated rings. The summed E-state index contributed by atoms with van der Waals surface area (Å²) in [5.74, 6) is 0.917. The Morgan fingerprint density at radius 2 is 2.00 bits per heavy atom. The molecule has 0 aromatic carbocycles. The zero-order valence-corrected chi connectivity index (χ0v) is 12.7. The molecule has 0 aromatic rings. The van der Waals surface area contributed by atoms with Gasteiger partial charge in [-0.3, -0.25) is 9.00 Å². The van der Waals surface area contributed by atoms with Gasteiger partial charge in [0.05, 0.1) is 30.3 Å². The molecule has 5 nitrogen and oxygen atoms in total. The molecule has 3 rings (SSSR count). The molecule has 6 heteroatoms. The quantitative estimate of drug-likeness (QED) is 0.763. The van der Waals surface area contributed by atoms with Crippen LogP contribution < -0.4 is 0 Å². The van der Waals surface area contributed by atoms with E-state index < -0.39 is 27.4 Å². The van der Waals surface area contributed by atoms with Gasteiger partial charge < -0.3 is 14.6 Å². The lowest BCUT2D eigenvalue weighted by Crippen LogP contribution is -2.54. The molecule has 0 radical (unpaired) electrons. The Labute approximate surface area is 121 Å². The molecular formula is C14H22O5S. The number of aliphatic hydroxyl groups is 1. The molecular weight excluding hydrogens is 280 g/mol. The van der Waals surface area contributed by atoms with Crippen molar-refractivity contribution in [1.29, 1.82) is 0 Å². The lowest BCUT2D eigenvalue weighted by molar-refractivity contribution is -0.172. The molecule has 3 aliphatic rings. The van der Waals surface area contributed by atoms with Gasteiger partial charge in [0.15, 0.2) is 0 Å². The Morgan fingerprint density at radius 3 is 2.60 bits per heavy atom. The number of aliphatic hydroxyl groups excluding tert-OH is 1. The first-order valence-electron chi connectivity index (χ1n) is 7.26. The van der Waals surface area contributed by atoms with Gasteiger partial charge in [-0.15, -0.1) is 0 Å². The van der Waals surface area contributed by atoms with Crippen molar-refractivity contribution in [2.24, 2.45) is 5.41 Å². The van der Waals surface area contributed by atoms with E-state index in [1.54, 1.807) is 0 Å². The SMILES string of the molecule is COC(=O)[C@@]12CCC[C@@](CO)(C1)OC21CCS(=O)CC1. The average Bonchev–Trinajstić information content (AvgIpc) is 2.67. The van der Waals surface area contributed by atoms with E-state index in [2.05, 4.69) is 0 Å². The van der Waals surface area contributed by atoms with E-state index in [-0.39, 0.29) is 12.6 Å². The summed E-state index contributed by atoms with van der Waals surface area (Å²) in [5.41, 5.74) is -1.86. The van der Waals surface area contributed by atoms with Crippen molar-refractivity contribution in [2.75, 3.05) is 25.2 Å². The standard InChI is InChI=1S/C14H22O5S/c1-18-11(16)13-4-2-3-12(9-13,10-15)19-14(13)5-7-20(17)8-6-14/h15H,2-10H2,1H3/t12-,13+,14?,20?/m0/s1. The van der Waals surface area contributed by atoms with Crippen molar-refractivity contribution in [3.63, 3.8) is 0 Å². The predicted octanol–water partition coefficient (Wildman–Crippen LogP) is 0.762. The molecule has 0 unspecified atom stereocenters. The molecule has 2 saturated heterocycles. The number of carbonyl (C=O) groups excluding carboxylic acids is 1. The Morgan fingerprint density at radius 1 is 1.30 bits per heavy atom. The Bertz CT molecular complexity index is 441. The summed E-state index contributed by atoms with van der Waals surface area (Å²) in [6, 6.07) is 0. The summed E-state index contributed by atoms with van der Waals surface area (Å²) >= 11 is 0. The highest BCUT2D eigenvalue weighted by molar-refractivity contribution is 7.85. The maximum absolute atomic E-state index is 12.5. The number of esters is 1. The number of fused-ring (bicyclic) bond motifs is 3. The minimum Gasteiger partial charge on any atom is -0.469 e. The van der Waals surface area contributed by atoms with Gasteiger partial charge in [-0.2, -0.15) is 0 Å². The number of rotatable bonds is 2. The molecule has 1 aliphatic carbocycles. The lowest BCUT2D eigenvalue weighted by atomic mass is 9.61. The van der Waals surface area contributed by atoms with E-state index in [4.69, 9.17) is 9.47 Å². The van der Waals surface area contributed by atoms with Crippen molar-refractivity contribution < 1.29 is 23.6 Å². The second-order valence-corrected chi connectivity index (χ2v) is 8.09. The van der Waals surface area contributed by atoms with Gasteiger partial charge in [-0.1, -0.05) is 0 Å². The first kappa shape index (κ1) is 14.5. The Balaban J connectivity index is 2.02. The lowest BCUT2D eigenvalue weighted by Gasteiger charge is -2.44. The summed E-state index contributed by atoms with van der Waals surface area (Å²) in [7, 11) is 0.602. The monoisotopic (exact) mass is 302 g/mol. The van der Waals surface area contributed by atoms with E-state index in [1.165, 1.54) is 7.11 Å². The third-order valence-corrected chi connectivity index (χ3v) is 6.79. The molecule has 0 aromatic heterocycles. The van der Waals surface area contributed by atoms with E-state index in [9.17, 15) is 14.1 Å². The van der Waals surface area contributed by atoms with Crippen LogP contribution in [0.1, 0.15) is 38.5 Å². The zero-order chi connectivity index (χ0) is 14.4. The molecule has 114 valence electrons. The van der Waals surface area contributed by atoms with E-state index in [0.29, 0.717) is 30.8 Å². The molecule has 2 bridgehead atoms. The van der Waals surface area contributed by atoms with Crippen LogP contribution in [0.3, 0.4) is 0 Å². The van der Waals surface area contributed by atoms with Gasteiger partial charge in [0.1, 0.15) is 0 Å². The average molecular weight is 302 g/mol. The predicted molar refractivity (Wildman–Crippen MR) is 73.7 cm³/mol. The summed E-state index contributed by atoms with van der Waals surface area (Å²) < 4.78 is 23.1. The second-order valence-electron chi connectivity index (χ2n) is 6.39. The highest BCUT2D eigenvalue weighted by atomic mass is 32.2. The van der Waals surface area contributed by atoms with Crippen molar-refractivity contribution in [3.8, 4) is 0 Å². The fourth-order valence-corrected chi connectivity index (χ4v) is 5.83. The smallest absolute Gasteiger partial charge is 0.314 e. The van der Waals surface area contributed by atoms with Crippen LogP contribution >= 0.6 is 0 Å². The van der Waals surface area contributed by atoms with Crippen LogP contribution in [0.15, 0.2) is 0 Å². The highest BCUT2D eigenvalue weighted by Gasteiger charge is 2.70. The van der Waals surface area contributed by atoms with Crippen molar-refractivity contribution in [1.82, 2.24) is 0 Å². The summed E-state index contributed by atoms with van der Waals surface area (Å²) in [5, 5.41) is 9.77. The maximum Gasteiger partial charge on any atom is 0.314 e. The molecule has 2 atom stereocenters. The Hall–Kier alpha value is -0.460. The molecule has 2 aliphatic heterocycles. The van der Waals surface area contributed by atoms with Crippen molar-refractivity contribution in [3.05, 3.63) is 0 Å². The van der Waals surface area contributed by atoms with Crippen molar-refractivity contribution in [2.45, 2.75) is 49.7 Å². The maximum atomic E-state index is 12.5. The summed E-state index contributed by atoms with van der Waals surface area (Å²) in [6.07, 6.45) is 4.17. The normalized spacial score (nSPS) is 47.4. The van der Waals surface area contributed by atoms with E-state index in [1.807, 2.05) is 0 Å². The fourth-order valence-electron chi connectivity index (χ4n) is 4.52. The van der Waals surface area contributed by atoms with Gasteiger partial charge in [-0.25, -0.2) is 0 Å². The first-order valence-corrected chi connectivity index (χ1v) is 8.75. The molecule has 1 spiro atoms. The topological polar surface area (TPSA) is 72.8 Å². The minimum atomic E-state index is -0.814. The van der Waals surface area contributed by atoms with Crippen LogP contribution in [0.4, 0.5) is 0 Å². The van der Waals surface area contributed by atoms with Crippen molar-refractivity contribution >= 4 is 16.8 Å². The van der Waals surface area contributed by atoms with Crippen LogP contribution in [-0.2, 0) is 25.1 Å². The summed E-state index contributed by atoms with van der Waals surface area (Å²) in [4.78, 5) is 12.5. The third-order valence-electron chi connectivity index (χ3n) is 5.48. The number of ether oxygens (including phenoxy) is 2. The molecule has 20 heavy (non-hydrogen) atoms. The number of hydrogen-bond acceptors (Lipinski definition) is 5. The first-order chi connectivity index (χ1) is 9.51. The zero-order valence-electron chi connectivity index (χ0n) is 11.9. The van der Waals surface area contributed by atoms with E-state index in [0.717, 1.165) is 19.3 Å². The van der Waals surface area contributed by atoms with Gasteiger partial charge in [-0.05, 0) is 38.5 Å². The Kier molecular flexibility index (Phi) is 3.46. The summed E-state index contributed by atoms with van der Waals surface area (Å²) in [6.45, 7) is -0.0589. The van der Waals surface area contributed by atoms with Crippen LogP contribution in [0.5, 0.6) is 0 Å². The molecule has 0 amide bonds. The van der Waals surface area contributed by atoms with Crippen LogP contribution in [0.25, 0.3) is 0 Å².